The highest BCUT2D eigenvalue weighted by Gasteiger charge is 2.31. The Morgan fingerprint density at radius 1 is 1.26 bits per heavy atom. The van der Waals surface area contributed by atoms with Gasteiger partial charge in [-0.15, -0.1) is 11.3 Å². The lowest BCUT2D eigenvalue weighted by atomic mass is 9.91. The molecule has 0 amide bonds. The number of ether oxygens (including phenoxy) is 2. The molecule has 3 aliphatic rings. The van der Waals surface area contributed by atoms with E-state index in [0.29, 0.717) is 28.1 Å². The summed E-state index contributed by atoms with van der Waals surface area (Å²) in [5.41, 5.74) is 0.718. The van der Waals surface area contributed by atoms with Crippen molar-refractivity contribution in [3.63, 3.8) is 0 Å². The van der Waals surface area contributed by atoms with E-state index in [2.05, 4.69) is 14.9 Å². The van der Waals surface area contributed by atoms with Gasteiger partial charge in [-0.1, -0.05) is 6.92 Å². The van der Waals surface area contributed by atoms with Crippen molar-refractivity contribution in [1.82, 2.24) is 14.9 Å². The predicted molar refractivity (Wildman–Crippen MR) is 108 cm³/mol. The van der Waals surface area contributed by atoms with Crippen molar-refractivity contribution in [1.29, 1.82) is 0 Å². The number of morpholine rings is 1. The van der Waals surface area contributed by atoms with E-state index in [4.69, 9.17) is 15.0 Å². The largest absolute Gasteiger partial charge is 0.474 e. The van der Waals surface area contributed by atoms with Gasteiger partial charge >= 0.3 is 0 Å². The molecule has 3 heterocycles. The van der Waals surface area contributed by atoms with Gasteiger partial charge in [-0.05, 0) is 56.3 Å². The van der Waals surface area contributed by atoms with Gasteiger partial charge in [0.15, 0.2) is 0 Å². The van der Waals surface area contributed by atoms with Gasteiger partial charge in [-0.3, -0.25) is 4.90 Å². The number of aromatic nitrogens is 2. The van der Waals surface area contributed by atoms with Gasteiger partial charge in [0.2, 0.25) is 5.88 Å². The first kappa shape index (κ1) is 13.9. The summed E-state index contributed by atoms with van der Waals surface area (Å²) in [7, 11) is 0. The third-order valence-corrected chi connectivity index (χ3v) is 7.12. The lowest BCUT2D eigenvalue weighted by Gasteiger charge is -2.38. The first-order valence-electron chi connectivity index (χ1n) is 12.1. The maximum absolute atomic E-state index is 8.48. The van der Waals surface area contributed by atoms with Gasteiger partial charge < -0.3 is 9.47 Å². The third-order valence-electron chi connectivity index (χ3n) is 6.09. The fourth-order valence-corrected chi connectivity index (χ4v) is 5.66. The highest BCUT2D eigenvalue weighted by molar-refractivity contribution is 7.19. The van der Waals surface area contributed by atoms with Crippen molar-refractivity contribution < 1.29 is 15.0 Å². The average molecular weight is 392 g/mol. The molecule has 5 nitrogen and oxygen atoms in total. The van der Waals surface area contributed by atoms with Gasteiger partial charge in [0.1, 0.15) is 17.3 Å². The number of fused-ring (bicyclic) bond motifs is 3. The molecular formula is C21H29N3O2S. The van der Waals surface area contributed by atoms with Crippen LogP contribution in [0.5, 0.6) is 5.88 Å². The van der Waals surface area contributed by atoms with Crippen LogP contribution in [0.3, 0.4) is 0 Å². The minimum Gasteiger partial charge on any atom is -0.474 e. The van der Waals surface area contributed by atoms with Gasteiger partial charge in [0.05, 0.1) is 18.6 Å². The first-order chi connectivity index (χ1) is 14.8. The Morgan fingerprint density at radius 2 is 2.07 bits per heavy atom. The molecule has 1 saturated carbocycles. The Morgan fingerprint density at radius 3 is 2.85 bits per heavy atom. The van der Waals surface area contributed by atoms with E-state index >= 15 is 0 Å². The molecule has 1 aliphatic heterocycles. The molecule has 0 N–H and O–H groups in total. The number of rotatable bonds is 4. The van der Waals surface area contributed by atoms with Crippen LogP contribution in [-0.4, -0.2) is 53.3 Å². The van der Waals surface area contributed by atoms with Gasteiger partial charge in [0, 0.05) is 29.5 Å². The van der Waals surface area contributed by atoms with Gasteiger partial charge in [-0.2, -0.15) is 0 Å². The second-order valence-corrected chi connectivity index (χ2v) is 8.63. The number of aryl methyl sites for hydroxylation is 1. The minimum atomic E-state index is -2.04. The van der Waals surface area contributed by atoms with E-state index in [1.807, 2.05) is 6.92 Å². The van der Waals surface area contributed by atoms with Gasteiger partial charge in [-0.25, -0.2) is 9.97 Å². The van der Waals surface area contributed by atoms with Crippen molar-refractivity contribution in [2.45, 2.75) is 69.8 Å². The van der Waals surface area contributed by atoms with E-state index in [9.17, 15) is 0 Å². The second kappa shape index (κ2) is 7.64. The molecule has 146 valence electrons. The van der Waals surface area contributed by atoms with Crippen LogP contribution in [-0.2, 0) is 11.1 Å². The molecule has 2 fully saturated rings. The first-order valence-corrected chi connectivity index (χ1v) is 10.9. The smallest absolute Gasteiger partial charge is 0.225 e. The molecule has 0 radical (unpaired) electrons. The summed E-state index contributed by atoms with van der Waals surface area (Å²) in [6, 6.07) is 0.587. The molecule has 2 aliphatic carbocycles. The molecule has 0 unspecified atom stereocenters. The zero-order valence-electron chi connectivity index (χ0n) is 19.7. The zero-order valence-corrected chi connectivity index (χ0v) is 16.6. The monoisotopic (exact) mass is 391 g/mol. The van der Waals surface area contributed by atoms with Crippen LogP contribution in [0.4, 0.5) is 0 Å². The highest BCUT2D eigenvalue weighted by Crippen LogP contribution is 2.47. The van der Waals surface area contributed by atoms with E-state index in [0.717, 1.165) is 62.9 Å². The Hall–Kier alpha value is -1.24. The van der Waals surface area contributed by atoms with Crippen LogP contribution in [0.25, 0.3) is 10.2 Å². The molecule has 6 heteroatoms. The van der Waals surface area contributed by atoms with Crippen LogP contribution in [0.1, 0.15) is 67.2 Å². The maximum Gasteiger partial charge on any atom is 0.225 e. The number of thiophene rings is 1. The van der Waals surface area contributed by atoms with Crippen LogP contribution in [0, 0.1) is 0 Å². The number of nitrogens with zero attached hydrogens (tertiary/aromatic N) is 3. The molecule has 0 bridgehead atoms. The summed E-state index contributed by atoms with van der Waals surface area (Å²) in [5.74, 6) is -0.0408. The fourth-order valence-electron chi connectivity index (χ4n) is 4.60. The maximum atomic E-state index is 8.48. The predicted octanol–water partition coefficient (Wildman–Crippen LogP) is 4.15. The van der Waals surface area contributed by atoms with Crippen LogP contribution in [0.2, 0.25) is 0 Å². The molecule has 2 aromatic rings. The molecule has 1 atom stereocenters. The lowest BCUT2D eigenvalue weighted by Crippen LogP contribution is -2.46. The van der Waals surface area contributed by atoms with Crippen molar-refractivity contribution >= 4 is 21.6 Å². The fraction of sp³-hybridized carbons (Fsp3) is 0.714. The summed E-state index contributed by atoms with van der Waals surface area (Å²) in [6.07, 6.45) is 2.16. The molecule has 1 saturated heterocycles. The van der Waals surface area contributed by atoms with Crippen molar-refractivity contribution in [3.8, 4) is 5.88 Å². The summed E-state index contributed by atoms with van der Waals surface area (Å²) in [5, 5.41) is 0.718. The van der Waals surface area contributed by atoms with E-state index in [1.165, 1.54) is 17.7 Å². The van der Waals surface area contributed by atoms with Crippen molar-refractivity contribution in [2.75, 3.05) is 26.3 Å². The molecule has 5 rings (SSSR count). The highest BCUT2D eigenvalue weighted by atomic mass is 32.1. The van der Waals surface area contributed by atoms with Crippen LogP contribution >= 0.6 is 11.3 Å². The molecule has 0 spiro atoms. The Bertz CT molecular complexity index is 955. The SMILES string of the molecule is [2H]C1([2H])c2sc3ncnc(OC4CCC(N5CCOCC5)CC4)c3c2[C@@H](CC)C1([2H])[2H]. The van der Waals surface area contributed by atoms with Gasteiger partial charge in [0.25, 0.3) is 0 Å². The third kappa shape index (κ3) is 3.36. The summed E-state index contributed by atoms with van der Waals surface area (Å²) in [4.78, 5) is 12.5. The standard InChI is InChI=1S/C21H29N3O2S/c1-2-14-3-8-17-18(14)19-20(22-13-23-21(19)27-17)26-16-6-4-15(5-7-16)24-9-11-25-12-10-24/h13-16H,2-12H2,1H3/t14-,15?,16?/m0/s1/i3D2,8D2. The normalized spacial score (nSPS) is 35.1. The quantitative estimate of drug-likeness (QED) is 0.783. The Kier molecular flexibility index (Phi) is 3.92. The molecular weight excluding hydrogens is 358 g/mol. The average Bonchev–Trinajstić information content (AvgIpc) is 3.22. The summed E-state index contributed by atoms with van der Waals surface area (Å²) >= 11 is 1.25. The summed E-state index contributed by atoms with van der Waals surface area (Å²) < 4.78 is 45.8. The van der Waals surface area contributed by atoms with Crippen molar-refractivity contribution in [2.24, 2.45) is 0 Å². The molecule has 2 aromatic heterocycles. The number of hydrogen-bond acceptors (Lipinski definition) is 6. The molecule has 27 heavy (non-hydrogen) atoms. The van der Waals surface area contributed by atoms with E-state index in [-0.39, 0.29) is 6.10 Å². The van der Waals surface area contributed by atoms with E-state index in [1.54, 1.807) is 0 Å². The minimum absolute atomic E-state index is 0.0703. The Labute approximate surface area is 170 Å². The molecule has 0 aromatic carbocycles. The second-order valence-electron chi connectivity index (χ2n) is 7.63. The van der Waals surface area contributed by atoms with Crippen LogP contribution < -0.4 is 4.74 Å². The Balaban J connectivity index is 1.40. The number of hydrogen-bond donors (Lipinski definition) is 0. The zero-order chi connectivity index (χ0) is 21.8. The summed E-state index contributed by atoms with van der Waals surface area (Å²) in [6.45, 7) is 5.56. The topological polar surface area (TPSA) is 47.5 Å². The van der Waals surface area contributed by atoms with Crippen LogP contribution in [0.15, 0.2) is 6.33 Å². The lowest BCUT2D eigenvalue weighted by molar-refractivity contribution is -0.00126. The van der Waals surface area contributed by atoms with Crippen molar-refractivity contribution in [3.05, 3.63) is 16.8 Å². The van der Waals surface area contributed by atoms with E-state index < -0.39 is 18.7 Å².